The molecule has 0 aliphatic carbocycles. The first-order chi connectivity index (χ1) is 22.9. The average molecular weight is 649 g/mol. The highest BCUT2D eigenvalue weighted by molar-refractivity contribution is 6.12. The van der Waals surface area contributed by atoms with Crippen molar-refractivity contribution in [3.05, 3.63) is 144 Å². The summed E-state index contributed by atoms with van der Waals surface area (Å²) in [7, 11) is 0. The van der Waals surface area contributed by atoms with E-state index in [1.54, 1.807) is 26.0 Å². The van der Waals surface area contributed by atoms with Crippen molar-refractivity contribution >= 4 is 43.6 Å². The SMILES string of the molecule is Cc1cc(-n2c3ccccc3c3cc(-c4ccc5c(c4)c4ccccc4n5-c4cc(C)cc(C(F)(F)F)c4)ccc32)cc(C(F)(F)F)c1. The number of fused-ring (bicyclic) bond motifs is 6. The molecule has 0 saturated heterocycles. The van der Waals surface area contributed by atoms with Gasteiger partial charge in [0, 0.05) is 32.9 Å². The molecule has 0 amide bonds. The maximum absolute atomic E-state index is 13.8. The maximum Gasteiger partial charge on any atom is 0.416 e. The third kappa shape index (κ3) is 4.82. The van der Waals surface area contributed by atoms with Crippen molar-refractivity contribution in [3.8, 4) is 22.5 Å². The number of para-hydroxylation sites is 2. The highest BCUT2D eigenvalue weighted by Gasteiger charge is 2.32. The molecule has 2 nitrogen and oxygen atoms in total. The molecular formula is C40H26F6N2. The number of benzene rings is 6. The van der Waals surface area contributed by atoms with Crippen LogP contribution in [0.25, 0.3) is 66.1 Å². The van der Waals surface area contributed by atoms with Crippen LogP contribution in [0.1, 0.15) is 22.3 Å². The molecule has 0 bridgehead atoms. The van der Waals surface area contributed by atoms with Gasteiger partial charge in [-0.3, -0.25) is 0 Å². The highest BCUT2D eigenvalue weighted by Crippen LogP contribution is 2.40. The van der Waals surface area contributed by atoms with Gasteiger partial charge >= 0.3 is 12.4 Å². The molecule has 0 aliphatic heterocycles. The van der Waals surface area contributed by atoms with Gasteiger partial charge in [0.2, 0.25) is 0 Å². The van der Waals surface area contributed by atoms with Crippen LogP contribution in [0.5, 0.6) is 0 Å². The monoisotopic (exact) mass is 648 g/mol. The summed E-state index contributed by atoms with van der Waals surface area (Å²) in [5.74, 6) is 0. The second kappa shape index (κ2) is 10.5. The van der Waals surface area contributed by atoms with E-state index in [2.05, 4.69) is 0 Å². The number of halogens is 6. The Morgan fingerprint density at radius 2 is 0.771 bits per heavy atom. The Morgan fingerprint density at radius 3 is 1.17 bits per heavy atom. The number of aromatic nitrogens is 2. The zero-order valence-electron chi connectivity index (χ0n) is 25.7. The number of rotatable bonds is 3. The smallest absolute Gasteiger partial charge is 0.309 e. The summed E-state index contributed by atoms with van der Waals surface area (Å²) in [5, 5.41) is 3.59. The van der Waals surface area contributed by atoms with Gasteiger partial charge in [0.25, 0.3) is 0 Å². The van der Waals surface area contributed by atoms with E-state index >= 15 is 0 Å². The first kappa shape index (κ1) is 29.9. The molecule has 48 heavy (non-hydrogen) atoms. The Bertz CT molecular complexity index is 2390. The highest BCUT2D eigenvalue weighted by atomic mass is 19.4. The second-order valence-corrected chi connectivity index (χ2v) is 12.3. The van der Waals surface area contributed by atoms with E-state index in [1.165, 1.54) is 12.1 Å². The zero-order chi connectivity index (χ0) is 33.5. The van der Waals surface area contributed by atoms with Crippen LogP contribution in [0, 0.1) is 13.8 Å². The molecule has 238 valence electrons. The summed E-state index contributed by atoms with van der Waals surface area (Å²) in [6.07, 6.45) is -8.96. The molecule has 2 heterocycles. The topological polar surface area (TPSA) is 9.86 Å². The lowest BCUT2D eigenvalue weighted by molar-refractivity contribution is -0.138. The summed E-state index contributed by atoms with van der Waals surface area (Å²) in [6, 6.07) is 35.3. The molecule has 2 aromatic heterocycles. The summed E-state index contributed by atoms with van der Waals surface area (Å²) >= 11 is 0. The van der Waals surface area contributed by atoms with Crippen molar-refractivity contribution in [1.82, 2.24) is 9.13 Å². The molecule has 0 saturated carbocycles. The zero-order valence-corrected chi connectivity index (χ0v) is 25.7. The Kier molecular flexibility index (Phi) is 6.54. The normalized spacial score (nSPS) is 12.6. The summed E-state index contributed by atoms with van der Waals surface area (Å²) < 4.78 is 86.5. The Hall–Kier alpha value is -5.50. The van der Waals surface area contributed by atoms with Gasteiger partial charge in [0.05, 0.1) is 33.2 Å². The van der Waals surface area contributed by atoms with Crippen molar-refractivity contribution in [2.75, 3.05) is 0 Å². The summed E-state index contributed by atoms with van der Waals surface area (Å²) in [5.41, 5.74) is 5.41. The predicted molar refractivity (Wildman–Crippen MR) is 180 cm³/mol. The molecule has 8 rings (SSSR count). The van der Waals surface area contributed by atoms with Gasteiger partial charge in [-0.15, -0.1) is 0 Å². The van der Waals surface area contributed by atoms with Crippen LogP contribution < -0.4 is 0 Å². The first-order valence-electron chi connectivity index (χ1n) is 15.3. The van der Waals surface area contributed by atoms with Gasteiger partial charge in [-0.05, 0) is 109 Å². The van der Waals surface area contributed by atoms with Gasteiger partial charge in [0.1, 0.15) is 0 Å². The summed E-state index contributed by atoms with van der Waals surface area (Å²) in [6.45, 7) is 3.32. The van der Waals surface area contributed by atoms with Crippen LogP contribution in [0.15, 0.2) is 121 Å². The minimum Gasteiger partial charge on any atom is -0.309 e. The quantitative estimate of drug-likeness (QED) is 0.169. The average Bonchev–Trinajstić information content (AvgIpc) is 3.55. The molecular weight excluding hydrogens is 622 g/mol. The molecule has 0 unspecified atom stereocenters. The van der Waals surface area contributed by atoms with Crippen LogP contribution in [-0.4, -0.2) is 9.13 Å². The number of nitrogens with zero attached hydrogens (tertiary/aromatic N) is 2. The Labute approximate surface area is 271 Å². The van der Waals surface area contributed by atoms with Crippen molar-refractivity contribution < 1.29 is 26.3 Å². The minimum atomic E-state index is -4.48. The van der Waals surface area contributed by atoms with Crippen LogP contribution in [0.3, 0.4) is 0 Å². The maximum atomic E-state index is 13.8. The van der Waals surface area contributed by atoms with E-state index in [-0.39, 0.29) is 0 Å². The summed E-state index contributed by atoms with van der Waals surface area (Å²) in [4.78, 5) is 0. The van der Waals surface area contributed by atoms with Gasteiger partial charge in [-0.25, -0.2) is 0 Å². The molecule has 0 N–H and O–H groups in total. The van der Waals surface area contributed by atoms with Gasteiger partial charge in [-0.1, -0.05) is 48.5 Å². The lowest BCUT2D eigenvalue weighted by atomic mass is 10.0. The van der Waals surface area contributed by atoms with Crippen molar-refractivity contribution in [3.63, 3.8) is 0 Å². The molecule has 0 fully saturated rings. The standard InChI is InChI=1S/C40H26F6N2/c1-23-15-27(39(41,42)43)21-29(17-23)47-35-9-5-3-7-31(35)33-19-25(11-13-37(33)47)26-12-14-38-34(20-26)32-8-4-6-10-36(32)48(38)30-18-24(2)16-28(22-30)40(44,45)46/h3-22H,1-2H3. The number of aryl methyl sites for hydroxylation is 2. The number of alkyl halides is 6. The third-order valence-electron chi connectivity index (χ3n) is 8.97. The van der Waals surface area contributed by atoms with E-state index in [0.717, 1.165) is 66.9 Å². The van der Waals surface area contributed by atoms with E-state index in [9.17, 15) is 26.3 Å². The molecule has 0 radical (unpaired) electrons. The molecule has 0 aliphatic rings. The molecule has 6 aromatic carbocycles. The Morgan fingerprint density at radius 1 is 0.396 bits per heavy atom. The molecule has 0 spiro atoms. The van der Waals surface area contributed by atoms with E-state index in [1.807, 2.05) is 94.1 Å². The van der Waals surface area contributed by atoms with Crippen LogP contribution >= 0.6 is 0 Å². The third-order valence-corrected chi connectivity index (χ3v) is 8.97. The lowest BCUT2D eigenvalue weighted by Crippen LogP contribution is -2.07. The first-order valence-corrected chi connectivity index (χ1v) is 15.3. The fraction of sp³-hybridized carbons (Fsp3) is 0.100. The van der Waals surface area contributed by atoms with E-state index in [0.29, 0.717) is 22.5 Å². The molecule has 8 heteroatoms. The van der Waals surface area contributed by atoms with Crippen molar-refractivity contribution in [2.24, 2.45) is 0 Å². The fourth-order valence-corrected chi connectivity index (χ4v) is 6.97. The fourth-order valence-electron chi connectivity index (χ4n) is 6.97. The minimum absolute atomic E-state index is 0.431. The largest absolute Gasteiger partial charge is 0.416 e. The van der Waals surface area contributed by atoms with Crippen molar-refractivity contribution in [2.45, 2.75) is 26.2 Å². The van der Waals surface area contributed by atoms with Crippen LogP contribution in [-0.2, 0) is 12.4 Å². The number of hydrogen-bond acceptors (Lipinski definition) is 0. The van der Waals surface area contributed by atoms with Gasteiger partial charge in [0.15, 0.2) is 0 Å². The van der Waals surface area contributed by atoms with Gasteiger partial charge in [-0.2, -0.15) is 26.3 Å². The Balaban J connectivity index is 1.32. The lowest BCUT2D eigenvalue weighted by Gasteiger charge is -2.14. The van der Waals surface area contributed by atoms with Crippen LogP contribution in [0.2, 0.25) is 0 Å². The molecule has 0 atom stereocenters. The second-order valence-electron chi connectivity index (χ2n) is 12.3. The van der Waals surface area contributed by atoms with Crippen LogP contribution in [0.4, 0.5) is 26.3 Å². The molecule has 8 aromatic rings. The predicted octanol–water partition coefficient (Wildman–Crippen LogP) is 12.2. The number of hydrogen-bond donors (Lipinski definition) is 0. The van der Waals surface area contributed by atoms with Gasteiger partial charge < -0.3 is 9.13 Å². The van der Waals surface area contributed by atoms with E-state index in [4.69, 9.17) is 0 Å². The van der Waals surface area contributed by atoms with Crippen molar-refractivity contribution in [1.29, 1.82) is 0 Å². The van der Waals surface area contributed by atoms with E-state index < -0.39 is 23.5 Å².